The summed E-state index contributed by atoms with van der Waals surface area (Å²) < 4.78 is 0. The number of aromatic nitrogens is 1. The molecule has 2 nitrogen and oxygen atoms in total. The van der Waals surface area contributed by atoms with E-state index in [1.165, 1.54) is 24.8 Å². The summed E-state index contributed by atoms with van der Waals surface area (Å²) >= 11 is 6.14. The molecule has 0 bridgehead atoms. The lowest BCUT2D eigenvalue weighted by molar-refractivity contribution is 0.399. The molecule has 3 rings (SSSR count). The Morgan fingerprint density at radius 1 is 1.29 bits per heavy atom. The average molecular weight is 249 g/mol. The van der Waals surface area contributed by atoms with Crippen molar-refractivity contribution in [2.45, 2.75) is 31.7 Å². The van der Waals surface area contributed by atoms with E-state index in [1.54, 1.807) is 0 Å². The molecule has 2 aromatic rings. The van der Waals surface area contributed by atoms with E-state index >= 15 is 0 Å². The number of piperidine rings is 1. The standard InChI is InChI=1S/C14H17ClN2/c15-13-9-17-14-5-4-10(8-12(13)14)7-11-3-1-2-6-16-11/h4-5,8-9,11,16-17H,1-3,6-7H2. The summed E-state index contributed by atoms with van der Waals surface area (Å²) in [5, 5.41) is 5.54. The highest BCUT2D eigenvalue weighted by Gasteiger charge is 2.13. The summed E-state index contributed by atoms with van der Waals surface area (Å²) in [6.45, 7) is 1.16. The molecule has 90 valence electrons. The predicted molar refractivity (Wildman–Crippen MR) is 72.7 cm³/mol. The number of aromatic amines is 1. The number of hydrogen-bond acceptors (Lipinski definition) is 1. The van der Waals surface area contributed by atoms with Crippen LogP contribution in [0.2, 0.25) is 5.02 Å². The molecule has 1 saturated heterocycles. The van der Waals surface area contributed by atoms with E-state index in [2.05, 4.69) is 28.5 Å². The van der Waals surface area contributed by atoms with Gasteiger partial charge in [0, 0.05) is 23.1 Å². The Bertz CT molecular complexity index is 512. The molecule has 1 atom stereocenters. The Kier molecular flexibility index (Phi) is 3.08. The lowest BCUT2D eigenvalue weighted by atomic mass is 9.97. The second kappa shape index (κ2) is 4.71. The molecule has 1 aliphatic rings. The number of rotatable bonds is 2. The summed E-state index contributed by atoms with van der Waals surface area (Å²) in [6, 6.07) is 7.17. The third-order valence-electron chi connectivity index (χ3n) is 3.59. The van der Waals surface area contributed by atoms with Crippen LogP contribution in [0.15, 0.2) is 24.4 Å². The van der Waals surface area contributed by atoms with Crippen molar-refractivity contribution in [3.05, 3.63) is 35.0 Å². The maximum atomic E-state index is 6.14. The van der Waals surface area contributed by atoms with Gasteiger partial charge in [-0.15, -0.1) is 0 Å². The molecule has 1 aromatic carbocycles. The van der Waals surface area contributed by atoms with Crippen LogP contribution >= 0.6 is 11.6 Å². The number of halogens is 1. The zero-order valence-electron chi connectivity index (χ0n) is 9.80. The van der Waals surface area contributed by atoms with Crippen molar-refractivity contribution in [1.29, 1.82) is 0 Å². The Morgan fingerprint density at radius 3 is 3.06 bits per heavy atom. The summed E-state index contributed by atoms with van der Waals surface area (Å²) in [5.74, 6) is 0. The van der Waals surface area contributed by atoms with Gasteiger partial charge in [-0.3, -0.25) is 0 Å². The zero-order valence-corrected chi connectivity index (χ0v) is 10.6. The molecule has 3 heteroatoms. The second-order valence-electron chi connectivity index (χ2n) is 4.87. The highest BCUT2D eigenvalue weighted by molar-refractivity contribution is 6.35. The minimum Gasteiger partial charge on any atom is -0.360 e. The van der Waals surface area contributed by atoms with Gasteiger partial charge in [-0.25, -0.2) is 0 Å². The minimum absolute atomic E-state index is 0.638. The van der Waals surface area contributed by atoms with E-state index in [0.29, 0.717) is 6.04 Å². The Morgan fingerprint density at radius 2 is 2.24 bits per heavy atom. The fourth-order valence-corrected chi connectivity index (χ4v) is 2.85. The predicted octanol–water partition coefficient (Wildman–Crippen LogP) is 3.51. The second-order valence-corrected chi connectivity index (χ2v) is 5.27. The Labute approximate surface area is 106 Å². The van der Waals surface area contributed by atoms with Crippen LogP contribution in [-0.4, -0.2) is 17.6 Å². The molecular weight excluding hydrogens is 232 g/mol. The van der Waals surface area contributed by atoms with Crippen molar-refractivity contribution in [3.63, 3.8) is 0 Å². The molecule has 1 fully saturated rings. The van der Waals surface area contributed by atoms with Crippen LogP contribution in [0.4, 0.5) is 0 Å². The number of H-pyrrole nitrogens is 1. The minimum atomic E-state index is 0.638. The first kappa shape index (κ1) is 11.1. The van der Waals surface area contributed by atoms with Gasteiger partial charge < -0.3 is 10.3 Å². The van der Waals surface area contributed by atoms with Crippen LogP contribution in [0.1, 0.15) is 24.8 Å². The topological polar surface area (TPSA) is 27.8 Å². The maximum Gasteiger partial charge on any atom is 0.0659 e. The molecule has 1 aliphatic heterocycles. The monoisotopic (exact) mass is 248 g/mol. The van der Waals surface area contributed by atoms with E-state index in [1.807, 2.05) is 6.20 Å². The zero-order chi connectivity index (χ0) is 11.7. The van der Waals surface area contributed by atoms with Crippen molar-refractivity contribution in [2.75, 3.05) is 6.54 Å². The normalized spacial score (nSPS) is 20.9. The molecule has 0 aliphatic carbocycles. The third-order valence-corrected chi connectivity index (χ3v) is 3.90. The fraction of sp³-hybridized carbons (Fsp3) is 0.429. The molecule has 0 saturated carbocycles. The van der Waals surface area contributed by atoms with Gasteiger partial charge in [0.15, 0.2) is 0 Å². The molecule has 1 aromatic heterocycles. The quantitative estimate of drug-likeness (QED) is 0.837. The van der Waals surface area contributed by atoms with Gasteiger partial charge >= 0.3 is 0 Å². The lowest BCUT2D eigenvalue weighted by Gasteiger charge is -2.23. The van der Waals surface area contributed by atoms with Crippen molar-refractivity contribution in [2.24, 2.45) is 0 Å². The Hall–Kier alpha value is -0.990. The SMILES string of the molecule is Clc1c[nH]c2ccc(CC3CCCCN3)cc12. The van der Waals surface area contributed by atoms with Crippen molar-refractivity contribution >= 4 is 22.5 Å². The van der Waals surface area contributed by atoms with E-state index in [9.17, 15) is 0 Å². The molecule has 0 spiro atoms. The first-order valence-corrected chi connectivity index (χ1v) is 6.69. The van der Waals surface area contributed by atoms with Crippen molar-refractivity contribution < 1.29 is 0 Å². The molecular formula is C14H17ClN2. The van der Waals surface area contributed by atoms with Crippen LogP contribution in [0.25, 0.3) is 10.9 Å². The van der Waals surface area contributed by atoms with Gasteiger partial charge in [-0.1, -0.05) is 24.1 Å². The number of benzene rings is 1. The van der Waals surface area contributed by atoms with Crippen molar-refractivity contribution in [1.82, 2.24) is 10.3 Å². The van der Waals surface area contributed by atoms with Gasteiger partial charge in [-0.05, 0) is 43.5 Å². The maximum absolute atomic E-state index is 6.14. The number of nitrogens with one attached hydrogen (secondary N) is 2. The van der Waals surface area contributed by atoms with Gasteiger partial charge in [0.1, 0.15) is 0 Å². The third kappa shape index (κ3) is 2.33. The number of hydrogen-bond donors (Lipinski definition) is 2. The first-order chi connectivity index (χ1) is 8.33. The van der Waals surface area contributed by atoms with E-state index < -0.39 is 0 Å². The van der Waals surface area contributed by atoms with Crippen LogP contribution in [-0.2, 0) is 6.42 Å². The van der Waals surface area contributed by atoms with E-state index in [4.69, 9.17) is 11.6 Å². The van der Waals surface area contributed by atoms with Gasteiger partial charge in [0.05, 0.1) is 5.02 Å². The molecule has 0 radical (unpaired) electrons. The van der Waals surface area contributed by atoms with Crippen LogP contribution in [0.5, 0.6) is 0 Å². The molecule has 17 heavy (non-hydrogen) atoms. The largest absolute Gasteiger partial charge is 0.360 e. The average Bonchev–Trinajstić information content (AvgIpc) is 2.73. The van der Waals surface area contributed by atoms with Crippen LogP contribution < -0.4 is 5.32 Å². The van der Waals surface area contributed by atoms with Gasteiger partial charge in [0.25, 0.3) is 0 Å². The summed E-state index contributed by atoms with van der Waals surface area (Å²) in [4.78, 5) is 3.17. The summed E-state index contributed by atoms with van der Waals surface area (Å²) in [5.41, 5.74) is 2.49. The highest BCUT2D eigenvalue weighted by atomic mass is 35.5. The van der Waals surface area contributed by atoms with Crippen LogP contribution in [0, 0.1) is 0 Å². The first-order valence-electron chi connectivity index (χ1n) is 6.32. The fourth-order valence-electron chi connectivity index (χ4n) is 2.64. The Balaban J connectivity index is 1.82. The summed E-state index contributed by atoms with van der Waals surface area (Å²) in [6.07, 6.45) is 6.93. The smallest absolute Gasteiger partial charge is 0.0659 e. The van der Waals surface area contributed by atoms with E-state index in [-0.39, 0.29) is 0 Å². The van der Waals surface area contributed by atoms with Gasteiger partial charge in [0.2, 0.25) is 0 Å². The molecule has 2 N–H and O–H groups in total. The lowest BCUT2D eigenvalue weighted by Crippen LogP contribution is -2.35. The molecule has 1 unspecified atom stereocenters. The van der Waals surface area contributed by atoms with Crippen LogP contribution in [0.3, 0.4) is 0 Å². The molecule has 0 amide bonds. The number of fused-ring (bicyclic) bond motifs is 1. The van der Waals surface area contributed by atoms with E-state index in [0.717, 1.165) is 28.9 Å². The summed E-state index contributed by atoms with van der Waals surface area (Å²) in [7, 11) is 0. The van der Waals surface area contributed by atoms with Gasteiger partial charge in [-0.2, -0.15) is 0 Å². The van der Waals surface area contributed by atoms with Crippen molar-refractivity contribution in [3.8, 4) is 0 Å². The highest BCUT2D eigenvalue weighted by Crippen LogP contribution is 2.25. The molecule has 2 heterocycles.